The van der Waals surface area contributed by atoms with Crippen LogP contribution in [0.2, 0.25) is 0 Å². The third-order valence-electron chi connectivity index (χ3n) is 4.78. The third kappa shape index (κ3) is 3.13. The zero-order chi connectivity index (χ0) is 18.4. The average molecular weight is 364 g/mol. The second kappa shape index (κ2) is 6.05. The number of aromatic amines is 1. The van der Waals surface area contributed by atoms with Crippen molar-refractivity contribution < 1.29 is 17.9 Å². The molecule has 1 aromatic heterocycles. The zero-order valence-electron chi connectivity index (χ0n) is 15.0. The molecule has 3 rings (SSSR count). The molecule has 0 unspecified atom stereocenters. The summed E-state index contributed by atoms with van der Waals surface area (Å²) in [5.41, 5.74) is 1.29. The van der Waals surface area contributed by atoms with Gasteiger partial charge in [0, 0.05) is 30.1 Å². The van der Waals surface area contributed by atoms with Gasteiger partial charge in [-0.2, -0.15) is 0 Å². The zero-order valence-corrected chi connectivity index (χ0v) is 15.8. The van der Waals surface area contributed by atoms with Crippen molar-refractivity contribution >= 4 is 26.6 Å². The molecule has 1 aromatic carbocycles. The Morgan fingerprint density at radius 3 is 2.64 bits per heavy atom. The van der Waals surface area contributed by atoms with Crippen LogP contribution in [-0.4, -0.2) is 54.4 Å². The number of hydrogen-bond acceptors (Lipinski definition) is 4. The summed E-state index contributed by atoms with van der Waals surface area (Å²) in [7, 11) is -1.69. The van der Waals surface area contributed by atoms with E-state index in [0.717, 1.165) is 10.9 Å². The number of H-pyrrole nitrogens is 1. The highest BCUT2D eigenvalue weighted by atomic mass is 32.2. The van der Waals surface area contributed by atoms with E-state index >= 15 is 0 Å². The minimum atomic E-state index is -3.28. The molecule has 0 aliphatic carbocycles. The maximum absolute atomic E-state index is 12.8. The lowest BCUT2D eigenvalue weighted by Crippen LogP contribution is -2.39. The Balaban J connectivity index is 1.81. The first-order valence-electron chi connectivity index (χ1n) is 8.33. The summed E-state index contributed by atoms with van der Waals surface area (Å²) >= 11 is 0. The van der Waals surface area contributed by atoms with Crippen LogP contribution in [0.15, 0.2) is 24.3 Å². The average Bonchev–Trinajstić information content (AvgIpc) is 3.19. The molecule has 7 heteroatoms. The number of rotatable bonds is 3. The molecule has 1 aliphatic heterocycles. The monoisotopic (exact) mass is 364 g/mol. The molecule has 0 radical (unpaired) electrons. The van der Waals surface area contributed by atoms with Crippen LogP contribution in [0, 0.1) is 0 Å². The fourth-order valence-corrected chi connectivity index (χ4v) is 4.98. The van der Waals surface area contributed by atoms with Crippen LogP contribution in [0.3, 0.4) is 0 Å². The number of likely N-dealkylation sites (tertiary alicyclic amines) is 1. The first-order chi connectivity index (χ1) is 11.6. The lowest BCUT2D eigenvalue weighted by molar-refractivity contribution is 0.0788. The summed E-state index contributed by atoms with van der Waals surface area (Å²) in [6.45, 7) is 5.82. The number of carbonyl (C=O) groups is 1. The van der Waals surface area contributed by atoms with E-state index in [1.165, 1.54) is 0 Å². The normalized spacial score (nSPS) is 18.7. The molecule has 6 nitrogen and oxygen atoms in total. The lowest BCUT2D eigenvalue weighted by Gasteiger charge is -2.24. The van der Waals surface area contributed by atoms with Gasteiger partial charge in [0.1, 0.15) is 11.4 Å². The number of carbonyl (C=O) groups excluding carboxylic acids is 1. The molecule has 1 amide bonds. The first kappa shape index (κ1) is 17.8. The number of benzene rings is 1. The number of methoxy groups -OCH3 is 1. The van der Waals surface area contributed by atoms with Gasteiger partial charge in [0.25, 0.3) is 5.91 Å². The molecule has 1 atom stereocenters. The van der Waals surface area contributed by atoms with E-state index in [1.807, 2.05) is 18.2 Å². The third-order valence-corrected chi connectivity index (χ3v) is 7.75. The van der Waals surface area contributed by atoms with Crippen molar-refractivity contribution in [1.82, 2.24) is 9.88 Å². The minimum Gasteiger partial charge on any atom is -0.497 e. The van der Waals surface area contributed by atoms with Gasteiger partial charge in [0.15, 0.2) is 9.84 Å². The molecular weight excluding hydrogens is 340 g/mol. The summed E-state index contributed by atoms with van der Waals surface area (Å²) in [5, 5.41) is 0.420. The number of aromatic nitrogens is 1. The molecule has 2 heterocycles. The van der Waals surface area contributed by atoms with Gasteiger partial charge in [-0.25, -0.2) is 8.42 Å². The first-order valence-corrected chi connectivity index (χ1v) is 9.87. The number of nitrogens with zero attached hydrogens (tertiary/aromatic N) is 1. The second-order valence-electron chi connectivity index (χ2n) is 7.46. The van der Waals surface area contributed by atoms with Crippen molar-refractivity contribution in [3.8, 4) is 5.75 Å². The van der Waals surface area contributed by atoms with Crippen LogP contribution in [0.4, 0.5) is 0 Å². The number of sulfone groups is 1. The quantitative estimate of drug-likeness (QED) is 0.908. The fourth-order valence-electron chi connectivity index (χ4n) is 3.18. The molecule has 0 saturated carbocycles. The van der Waals surface area contributed by atoms with Gasteiger partial charge < -0.3 is 14.6 Å². The van der Waals surface area contributed by atoms with Crippen LogP contribution in [-0.2, 0) is 9.84 Å². The van der Waals surface area contributed by atoms with E-state index in [0.29, 0.717) is 24.4 Å². The predicted octanol–water partition coefficient (Wildman–Crippen LogP) is 2.60. The topological polar surface area (TPSA) is 79.5 Å². The van der Waals surface area contributed by atoms with Gasteiger partial charge in [-0.15, -0.1) is 0 Å². The number of fused-ring (bicyclic) bond motifs is 1. The smallest absolute Gasteiger partial charge is 0.270 e. The van der Waals surface area contributed by atoms with E-state index in [9.17, 15) is 13.2 Å². The van der Waals surface area contributed by atoms with Gasteiger partial charge in [-0.1, -0.05) is 0 Å². The summed E-state index contributed by atoms with van der Waals surface area (Å²) in [6, 6.07) is 7.36. The van der Waals surface area contributed by atoms with Gasteiger partial charge in [-0.05, 0) is 45.4 Å². The highest BCUT2D eigenvalue weighted by molar-refractivity contribution is 7.93. The molecule has 136 valence electrons. The van der Waals surface area contributed by atoms with Crippen molar-refractivity contribution in [2.75, 3.05) is 20.2 Å². The number of amides is 1. The molecule has 1 N–H and O–H groups in total. The Morgan fingerprint density at radius 2 is 2.00 bits per heavy atom. The number of ether oxygens (including phenoxy) is 1. The Bertz CT molecular complexity index is 909. The van der Waals surface area contributed by atoms with Crippen molar-refractivity contribution in [1.29, 1.82) is 0 Å². The van der Waals surface area contributed by atoms with Gasteiger partial charge in [-0.3, -0.25) is 4.79 Å². The van der Waals surface area contributed by atoms with E-state index in [1.54, 1.807) is 38.8 Å². The van der Waals surface area contributed by atoms with Crippen LogP contribution >= 0.6 is 0 Å². The summed E-state index contributed by atoms with van der Waals surface area (Å²) in [5.74, 6) is 0.549. The Morgan fingerprint density at radius 1 is 1.28 bits per heavy atom. The Labute approximate surface area is 148 Å². The molecule has 1 fully saturated rings. The number of hydrogen-bond donors (Lipinski definition) is 1. The second-order valence-corrected chi connectivity index (χ2v) is 10.4. The van der Waals surface area contributed by atoms with Crippen LogP contribution in [0.5, 0.6) is 5.75 Å². The Hall–Kier alpha value is -2.02. The maximum Gasteiger partial charge on any atom is 0.270 e. The summed E-state index contributed by atoms with van der Waals surface area (Å²) in [4.78, 5) is 17.5. The molecule has 25 heavy (non-hydrogen) atoms. The summed E-state index contributed by atoms with van der Waals surface area (Å²) in [6.07, 6.45) is 0.486. The summed E-state index contributed by atoms with van der Waals surface area (Å²) < 4.78 is 29.6. The SMILES string of the molecule is COc1ccc2cc(C(=O)N3CC[C@@H](S(=O)(=O)C(C)(C)C)C3)[nH]c2c1. The van der Waals surface area contributed by atoms with Crippen molar-refractivity contribution in [3.05, 3.63) is 30.0 Å². The van der Waals surface area contributed by atoms with Crippen LogP contribution < -0.4 is 4.74 Å². The molecule has 0 spiro atoms. The van der Waals surface area contributed by atoms with E-state index in [4.69, 9.17) is 4.74 Å². The fraction of sp³-hybridized carbons (Fsp3) is 0.500. The van der Waals surface area contributed by atoms with Gasteiger partial charge in [0.2, 0.25) is 0 Å². The van der Waals surface area contributed by atoms with Crippen LogP contribution in [0.25, 0.3) is 10.9 Å². The van der Waals surface area contributed by atoms with Gasteiger partial charge >= 0.3 is 0 Å². The van der Waals surface area contributed by atoms with Crippen molar-refractivity contribution in [2.24, 2.45) is 0 Å². The van der Waals surface area contributed by atoms with Gasteiger partial charge in [0.05, 0.1) is 17.1 Å². The molecule has 0 bridgehead atoms. The largest absolute Gasteiger partial charge is 0.497 e. The molecule has 1 saturated heterocycles. The highest BCUT2D eigenvalue weighted by Gasteiger charge is 2.42. The van der Waals surface area contributed by atoms with E-state index < -0.39 is 19.8 Å². The predicted molar refractivity (Wildman–Crippen MR) is 97.8 cm³/mol. The van der Waals surface area contributed by atoms with Crippen molar-refractivity contribution in [3.63, 3.8) is 0 Å². The molecule has 1 aliphatic rings. The number of nitrogens with one attached hydrogen (secondary N) is 1. The van der Waals surface area contributed by atoms with E-state index in [-0.39, 0.29) is 12.5 Å². The highest BCUT2D eigenvalue weighted by Crippen LogP contribution is 2.28. The minimum absolute atomic E-state index is 0.165. The molecule has 2 aromatic rings. The van der Waals surface area contributed by atoms with Crippen LogP contribution in [0.1, 0.15) is 37.7 Å². The maximum atomic E-state index is 12.8. The van der Waals surface area contributed by atoms with Crippen molar-refractivity contribution in [2.45, 2.75) is 37.2 Å². The standard InChI is InChI=1S/C18H24N2O4S/c1-18(2,3)25(22,23)14-7-8-20(11-14)17(21)16-9-12-5-6-13(24-4)10-15(12)19-16/h5-6,9-10,14,19H,7-8,11H2,1-4H3/t14-/m1/s1. The van der Waals surface area contributed by atoms with E-state index in [2.05, 4.69) is 4.98 Å². The lowest BCUT2D eigenvalue weighted by atomic mass is 10.2. The molecular formula is C18H24N2O4S. The Kier molecular flexibility index (Phi) is 4.31.